The molecule has 2 fully saturated rings. The normalized spacial score (nSPS) is 33.9. The Bertz CT molecular complexity index is 821. The van der Waals surface area contributed by atoms with Gasteiger partial charge in [0.1, 0.15) is 0 Å². The predicted molar refractivity (Wildman–Crippen MR) is 118 cm³/mol. The van der Waals surface area contributed by atoms with Crippen molar-refractivity contribution in [3.05, 3.63) is 23.3 Å². The first-order valence-corrected chi connectivity index (χ1v) is 12.2. The number of likely N-dealkylation sites (N-methyl/N-ethyl adjacent to an activating group) is 1. The largest absolute Gasteiger partial charge is 0.493 e. The van der Waals surface area contributed by atoms with Crippen molar-refractivity contribution < 1.29 is 14.3 Å². The van der Waals surface area contributed by atoms with E-state index in [0.29, 0.717) is 30.1 Å². The average molecular weight is 412 g/mol. The van der Waals surface area contributed by atoms with E-state index in [-0.39, 0.29) is 11.5 Å². The molecule has 1 saturated carbocycles. The molecule has 0 radical (unpaired) electrons. The van der Waals surface area contributed by atoms with E-state index in [1.807, 2.05) is 6.07 Å². The number of carbonyl (C=O) groups excluding carboxylic acids is 1. The molecule has 164 valence electrons. The maximum absolute atomic E-state index is 13.4. The van der Waals surface area contributed by atoms with Crippen molar-refractivity contribution in [2.75, 3.05) is 20.7 Å². The summed E-state index contributed by atoms with van der Waals surface area (Å²) in [5.74, 6) is 3.02. The van der Waals surface area contributed by atoms with Gasteiger partial charge in [-0.15, -0.1) is 0 Å². The van der Waals surface area contributed by atoms with Crippen LogP contribution in [0.2, 0.25) is 0 Å². The van der Waals surface area contributed by atoms with Gasteiger partial charge < -0.3 is 14.4 Å². The predicted octanol–water partition coefficient (Wildman–Crippen LogP) is 4.91. The highest BCUT2D eigenvalue weighted by atomic mass is 16.5. The first-order chi connectivity index (χ1) is 14.6. The molecule has 5 atom stereocenters. The van der Waals surface area contributed by atoms with Gasteiger partial charge in [0.2, 0.25) is 0 Å². The molecule has 1 saturated heterocycles. The molecular weight excluding hydrogens is 374 g/mol. The fourth-order valence-electron chi connectivity index (χ4n) is 7.38. The van der Waals surface area contributed by atoms with Crippen LogP contribution in [0.1, 0.15) is 75.8 Å². The number of likely N-dealkylation sites (tertiary alicyclic amines) is 1. The minimum Gasteiger partial charge on any atom is -0.493 e. The number of carbonyl (C=O) groups is 1. The molecule has 2 heterocycles. The van der Waals surface area contributed by atoms with E-state index >= 15 is 0 Å². The van der Waals surface area contributed by atoms with Gasteiger partial charge >= 0.3 is 0 Å². The molecule has 2 aliphatic heterocycles. The number of methoxy groups -OCH3 is 1. The van der Waals surface area contributed by atoms with E-state index in [4.69, 9.17) is 9.47 Å². The van der Waals surface area contributed by atoms with Crippen molar-refractivity contribution in [2.45, 2.75) is 88.7 Å². The van der Waals surface area contributed by atoms with Crippen molar-refractivity contribution in [1.29, 1.82) is 0 Å². The first-order valence-electron chi connectivity index (χ1n) is 12.2. The van der Waals surface area contributed by atoms with E-state index in [1.54, 1.807) is 7.11 Å². The second-order valence-electron chi connectivity index (χ2n) is 10.2. The number of unbranched alkanes of at least 4 members (excludes halogenated alkanes) is 5. The first kappa shape index (κ1) is 20.4. The fraction of sp³-hybridized carbons (Fsp3) is 0.731. The second kappa shape index (κ2) is 7.85. The lowest BCUT2D eigenvalue weighted by Crippen LogP contribution is -2.67. The highest BCUT2D eigenvalue weighted by Crippen LogP contribution is 2.64. The molecule has 5 rings (SSSR count). The molecule has 1 aromatic carbocycles. The Hall–Kier alpha value is -1.55. The van der Waals surface area contributed by atoms with E-state index < -0.39 is 0 Å². The molecule has 0 aromatic heterocycles. The Balaban J connectivity index is 1.48. The molecule has 0 N–H and O–H groups in total. The molecule has 4 nitrogen and oxygen atoms in total. The van der Waals surface area contributed by atoms with Crippen molar-refractivity contribution >= 4 is 5.78 Å². The number of nitrogens with zero attached hydrogens (tertiary/aromatic N) is 1. The summed E-state index contributed by atoms with van der Waals surface area (Å²) in [4.78, 5) is 16.0. The zero-order valence-electron chi connectivity index (χ0n) is 18.9. The number of hydrogen-bond acceptors (Lipinski definition) is 4. The summed E-state index contributed by atoms with van der Waals surface area (Å²) in [5, 5.41) is 0. The number of rotatable bonds is 8. The van der Waals surface area contributed by atoms with Gasteiger partial charge in [0.15, 0.2) is 23.4 Å². The average Bonchev–Trinajstić information content (AvgIpc) is 3.10. The van der Waals surface area contributed by atoms with Gasteiger partial charge in [-0.1, -0.05) is 51.5 Å². The zero-order chi connectivity index (χ0) is 20.9. The quantitative estimate of drug-likeness (QED) is 0.570. The smallest absolute Gasteiger partial charge is 0.174 e. The molecule has 0 amide bonds. The summed E-state index contributed by atoms with van der Waals surface area (Å²) >= 11 is 0. The van der Waals surface area contributed by atoms with Crippen LogP contribution in [0.5, 0.6) is 11.5 Å². The maximum atomic E-state index is 13.4. The van der Waals surface area contributed by atoms with Crippen LogP contribution in [0.25, 0.3) is 0 Å². The number of Topliss-reactive ketones (excluding diaryl/α,β-unsaturated/α-hetero) is 1. The highest BCUT2D eigenvalue weighted by molar-refractivity contribution is 5.89. The molecular formula is C26H37NO3. The lowest BCUT2D eigenvalue weighted by Gasteiger charge is -2.59. The molecule has 4 unspecified atom stereocenters. The number of ketones is 1. The molecule has 4 heteroatoms. The van der Waals surface area contributed by atoms with Gasteiger partial charge in [0, 0.05) is 23.4 Å². The van der Waals surface area contributed by atoms with E-state index in [0.717, 1.165) is 30.9 Å². The summed E-state index contributed by atoms with van der Waals surface area (Å²) in [6.45, 7) is 3.32. The molecule has 1 spiro atoms. The van der Waals surface area contributed by atoms with Gasteiger partial charge in [-0.2, -0.15) is 0 Å². The summed E-state index contributed by atoms with van der Waals surface area (Å²) in [6.07, 6.45) is 11.6. The summed E-state index contributed by atoms with van der Waals surface area (Å²) in [7, 11) is 4.00. The van der Waals surface area contributed by atoms with Crippen LogP contribution < -0.4 is 9.47 Å². The van der Waals surface area contributed by atoms with Crippen LogP contribution in [0.4, 0.5) is 0 Å². The van der Waals surface area contributed by atoms with E-state index in [2.05, 4.69) is 24.9 Å². The van der Waals surface area contributed by atoms with Crippen LogP contribution in [-0.4, -0.2) is 43.5 Å². The van der Waals surface area contributed by atoms with Crippen molar-refractivity contribution in [3.8, 4) is 11.5 Å². The lowest BCUT2D eigenvalue weighted by atomic mass is 9.48. The minimum atomic E-state index is -0.301. The van der Waals surface area contributed by atoms with Gasteiger partial charge in [-0.05, 0) is 56.3 Å². The number of piperidine rings is 1. The van der Waals surface area contributed by atoms with Crippen molar-refractivity contribution in [1.82, 2.24) is 4.90 Å². The zero-order valence-corrected chi connectivity index (χ0v) is 18.9. The monoisotopic (exact) mass is 411 g/mol. The van der Waals surface area contributed by atoms with Crippen LogP contribution in [0.3, 0.4) is 0 Å². The Morgan fingerprint density at radius 3 is 2.77 bits per heavy atom. The van der Waals surface area contributed by atoms with Crippen molar-refractivity contribution in [3.63, 3.8) is 0 Å². The minimum absolute atomic E-state index is 0.128. The standard InChI is InChI=1S/C26H37NO3/c1-4-5-6-7-8-9-10-17-16-20(28)25-26-13-14-27(2)19(22(17)26)15-18-11-12-21(29-3)24(30-25)23(18)26/h11-12,17,19,22,25H,4-10,13-16H2,1-3H3/t17-,19?,22?,25?,26?/m0/s1. The molecule has 4 aliphatic rings. The van der Waals surface area contributed by atoms with Gasteiger partial charge in [0.05, 0.1) is 7.11 Å². The third-order valence-corrected chi connectivity index (χ3v) is 8.67. The van der Waals surface area contributed by atoms with Crippen LogP contribution in [0.15, 0.2) is 12.1 Å². The second-order valence-corrected chi connectivity index (χ2v) is 10.2. The third-order valence-electron chi connectivity index (χ3n) is 8.67. The van der Waals surface area contributed by atoms with Crippen LogP contribution in [0, 0.1) is 11.8 Å². The number of ether oxygens (including phenoxy) is 2. The number of benzene rings is 1. The van der Waals surface area contributed by atoms with E-state index in [1.165, 1.54) is 56.1 Å². The molecule has 1 aromatic rings. The molecule has 30 heavy (non-hydrogen) atoms. The van der Waals surface area contributed by atoms with Crippen molar-refractivity contribution in [2.24, 2.45) is 11.8 Å². The highest BCUT2D eigenvalue weighted by Gasteiger charge is 2.67. The van der Waals surface area contributed by atoms with E-state index in [9.17, 15) is 4.79 Å². The Kier molecular flexibility index (Phi) is 5.33. The van der Waals surface area contributed by atoms with Crippen LogP contribution >= 0.6 is 0 Å². The lowest BCUT2D eigenvalue weighted by molar-refractivity contribution is -0.144. The Morgan fingerprint density at radius 2 is 1.97 bits per heavy atom. The molecule has 2 bridgehead atoms. The Labute approximate surface area is 181 Å². The topological polar surface area (TPSA) is 38.8 Å². The number of hydrogen-bond donors (Lipinski definition) is 0. The van der Waals surface area contributed by atoms with Gasteiger partial charge in [0.25, 0.3) is 0 Å². The fourth-order valence-corrected chi connectivity index (χ4v) is 7.38. The third kappa shape index (κ3) is 2.86. The molecule has 2 aliphatic carbocycles. The summed E-state index contributed by atoms with van der Waals surface area (Å²) in [5.41, 5.74) is 2.59. The Morgan fingerprint density at radius 1 is 1.17 bits per heavy atom. The maximum Gasteiger partial charge on any atom is 0.174 e. The van der Waals surface area contributed by atoms with Gasteiger partial charge in [-0.25, -0.2) is 0 Å². The van der Waals surface area contributed by atoms with Gasteiger partial charge in [-0.3, -0.25) is 4.79 Å². The summed E-state index contributed by atoms with van der Waals surface area (Å²) < 4.78 is 12.1. The summed E-state index contributed by atoms with van der Waals surface area (Å²) in [6, 6.07) is 4.79. The van der Waals surface area contributed by atoms with Crippen LogP contribution in [-0.2, 0) is 16.6 Å². The SMILES string of the molecule is CCCCCCCC[C@H]1CC(=O)C2Oc3c(OC)ccc4c3C23CCN(C)C(C4)C13.